The third kappa shape index (κ3) is 4.33. The van der Waals surface area contributed by atoms with Crippen LogP contribution in [0.1, 0.15) is 30.4 Å². The molecule has 1 heterocycles. The summed E-state index contributed by atoms with van der Waals surface area (Å²) in [6.07, 6.45) is 5.50. The average Bonchev–Trinajstić information content (AvgIpc) is 2.35. The van der Waals surface area contributed by atoms with E-state index in [2.05, 4.69) is 43.1 Å². The smallest absolute Gasteiger partial charge is 0.0673 e. The average molecular weight is 296 g/mol. The Morgan fingerprint density at radius 1 is 1.16 bits per heavy atom. The maximum Gasteiger partial charge on any atom is 0.0673 e. The fourth-order valence-electron chi connectivity index (χ4n) is 3.14. The van der Waals surface area contributed by atoms with Crippen LogP contribution in [-0.2, 0) is 6.04 Å². The molecule has 1 nitrogen and oxygen atoms in total. The van der Waals surface area contributed by atoms with Crippen molar-refractivity contribution in [1.29, 1.82) is 0 Å². The molecule has 19 heavy (non-hydrogen) atoms. The fourth-order valence-corrected chi connectivity index (χ4v) is 6.41. The highest BCUT2D eigenvalue weighted by molar-refractivity contribution is 6.77. The van der Waals surface area contributed by atoms with Gasteiger partial charge in [-0.05, 0) is 56.2 Å². The first-order valence-electron chi connectivity index (χ1n) is 7.44. The molecule has 0 aliphatic carbocycles. The van der Waals surface area contributed by atoms with E-state index in [1.54, 1.807) is 0 Å². The van der Waals surface area contributed by atoms with Gasteiger partial charge in [0.25, 0.3) is 0 Å². The summed E-state index contributed by atoms with van der Waals surface area (Å²) >= 11 is 6.45. The highest BCUT2D eigenvalue weighted by Gasteiger charge is 2.26. The molecular formula is C16H26ClNSi. The standard InChI is InChI=1S/C16H26ClNSi/c1-14-8-7-9-15(16(14)17)12-19(2,3)13-18-10-5-4-6-11-18/h7-9H,4-6,10-13H2,1-3H3. The Bertz CT molecular complexity index is 425. The lowest BCUT2D eigenvalue weighted by Gasteiger charge is -2.34. The van der Waals surface area contributed by atoms with Crippen LogP contribution in [0.5, 0.6) is 0 Å². The van der Waals surface area contributed by atoms with E-state index in [-0.39, 0.29) is 0 Å². The summed E-state index contributed by atoms with van der Waals surface area (Å²) in [4.78, 5) is 2.68. The molecule has 0 bridgehead atoms. The minimum atomic E-state index is -1.24. The largest absolute Gasteiger partial charge is 0.306 e. The zero-order chi connectivity index (χ0) is 13.9. The van der Waals surface area contributed by atoms with E-state index in [1.165, 1.54) is 55.7 Å². The quantitative estimate of drug-likeness (QED) is 0.741. The van der Waals surface area contributed by atoms with Crippen molar-refractivity contribution >= 4 is 19.7 Å². The number of nitrogens with zero attached hydrogens (tertiary/aromatic N) is 1. The van der Waals surface area contributed by atoms with Crippen molar-refractivity contribution in [2.45, 2.75) is 45.3 Å². The lowest BCUT2D eigenvalue weighted by atomic mass is 10.1. The number of halogens is 1. The molecule has 0 saturated carbocycles. The Balaban J connectivity index is 2.01. The minimum Gasteiger partial charge on any atom is -0.306 e. The lowest BCUT2D eigenvalue weighted by molar-refractivity contribution is 0.258. The minimum absolute atomic E-state index is 0.988. The van der Waals surface area contributed by atoms with E-state index >= 15 is 0 Å². The van der Waals surface area contributed by atoms with Gasteiger partial charge in [-0.3, -0.25) is 0 Å². The first kappa shape index (κ1) is 15.1. The molecule has 2 rings (SSSR count). The van der Waals surface area contributed by atoms with E-state index in [4.69, 9.17) is 11.6 Å². The summed E-state index contributed by atoms with van der Waals surface area (Å²) < 4.78 is 0. The van der Waals surface area contributed by atoms with Crippen LogP contribution >= 0.6 is 11.6 Å². The Labute approximate surface area is 124 Å². The summed E-state index contributed by atoms with van der Waals surface area (Å²) in [5, 5.41) is 0.988. The molecule has 1 saturated heterocycles. The van der Waals surface area contributed by atoms with E-state index in [0.29, 0.717) is 0 Å². The normalized spacial score (nSPS) is 17.7. The molecule has 3 heteroatoms. The second-order valence-electron chi connectivity index (χ2n) is 6.73. The van der Waals surface area contributed by atoms with Gasteiger partial charge in [0.1, 0.15) is 0 Å². The third-order valence-electron chi connectivity index (χ3n) is 4.04. The van der Waals surface area contributed by atoms with Crippen molar-refractivity contribution in [2.24, 2.45) is 0 Å². The Hall–Kier alpha value is -0.313. The van der Waals surface area contributed by atoms with E-state index in [1.807, 2.05) is 0 Å². The van der Waals surface area contributed by atoms with Crippen molar-refractivity contribution in [3.63, 3.8) is 0 Å². The number of likely N-dealkylation sites (tertiary alicyclic amines) is 1. The maximum absolute atomic E-state index is 6.45. The molecule has 0 radical (unpaired) electrons. The number of hydrogen-bond acceptors (Lipinski definition) is 1. The highest BCUT2D eigenvalue weighted by Crippen LogP contribution is 2.25. The molecule has 0 amide bonds. The first-order chi connectivity index (χ1) is 8.98. The van der Waals surface area contributed by atoms with Gasteiger partial charge < -0.3 is 4.90 Å². The summed E-state index contributed by atoms with van der Waals surface area (Å²) in [5.74, 6) is 0. The molecule has 0 N–H and O–H groups in total. The lowest BCUT2D eigenvalue weighted by Crippen LogP contribution is -2.46. The Kier molecular flexibility index (Phi) is 5.10. The van der Waals surface area contributed by atoms with Crippen molar-refractivity contribution in [1.82, 2.24) is 4.90 Å². The molecule has 1 aromatic carbocycles. The SMILES string of the molecule is Cc1cccc(C[Si](C)(C)CN2CCCCC2)c1Cl. The molecule has 0 atom stereocenters. The summed E-state index contributed by atoms with van der Waals surface area (Å²) in [6.45, 7) is 9.71. The maximum atomic E-state index is 6.45. The predicted octanol–water partition coefficient (Wildman–Crippen LogP) is 4.46. The van der Waals surface area contributed by atoms with Crippen LogP contribution in [0.3, 0.4) is 0 Å². The van der Waals surface area contributed by atoms with Crippen LogP contribution in [0, 0.1) is 6.92 Å². The molecule has 1 aromatic rings. The van der Waals surface area contributed by atoms with Crippen LogP contribution in [0.25, 0.3) is 0 Å². The van der Waals surface area contributed by atoms with Gasteiger partial charge in [0, 0.05) is 5.02 Å². The molecule has 1 aliphatic rings. The van der Waals surface area contributed by atoms with Gasteiger partial charge >= 0.3 is 0 Å². The Morgan fingerprint density at radius 3 is 2.53 bits per heavy atom. The van der Waals surface area contributed by atoms with Crippen LogP contribution in [0.4, 0.5) is 0 Å². The van der Waals surface area contributed by atoms with Crippen molar-refractivity contribution < 1.29 is 0 Å². The van der Waals surface area contributed by atoms with Gasteiger partial charge in [0.2, 0.25) is 0 Å². The van der Waals surface area contributed by atoms with Crippen LogP contribution in [0.2, 0.25) is 18.1 Å². The van der Waals surface area contributed by atoms with Crippen molar-refractivity contribution in [3.8, 4) is 0 Å². The molecule has 1 aliphatic heterocycles. The summed E-state index contributed by atoms with van der Waals surface area (Å²) in [7, 11) is -1.24. The van der Waals surface area contributed by atoms with Gasteiger partial charge in [-0.25, -0.2) is 0 Å². The fraction of sp³-hybridized carbons (Fsp3) is 0.625. The Morgan fingerprint density at radius 2 is 1.84 bits per heavy atom. The van der Waals surface area contributed by atoms with Gasteiger partial charge in [0.15, 0.2) is 0 Å². The van der Waals surface area contributed by atoms with Gasteiger partial charge in [-0.15, -0.1) is 0 Å². The van der Waals surface area contributed by atoms with Gasteiger partial charge in [0.05, 0.1) is 8.07 Å². The molecule has 0 unspecified atom stereocenters. The summed E-state index contributed by atoms with van der Waals surface area (Å²) in [6, 6.07) is 7.65. The molecular weight excluding hydrogens is 270 g/mol. The zero-order valence-corrected chi connectivity index (χ0v) is 14.3. The summed E-state index contributed by atoms with van der Waals surface area (Å²) in [5.41, 5.74) is 2.57. The van der Waals surface area contributed by atoms with Gasteiger partial charge in [-0.2, -0.15) is 0 Å². The zero-order valence-electron chi connectivity index (χ0n) is 12.5. The molecule has 106 valence electrons. The second kappa shape index (κ2) is 6.42. The van der Waals surface area contributed by atoms with Crippen molar-refractivity contribution in [3.05, 3.63) is 34.3 Å². The van der Waals surface area contributed by atoms with Crippen LogP contribution in [-0.4, -0.2) is 32.2 Å². The number of piperidine rings is 1. The molecule has 1 fully saturated rings. The van der Waals surface area contributed by atoms with Gasteiger partial charge in [-0.1, -0.05) is 49.3 Å². The first-order valence-corrected chi connectivity index (χ1v) is 11.2. The molecule has 0 spiro atoms. The molecule has 0 aromatic heterocycles. The van der Waals surface area contributed by atoms with E-state index in [0.717, 1.165) is 5.02 Å². The van der Waals surface area contributed by atoms with Crippen LogP contribution < -0.4 is 0 Å². The monoisotopic (exact) mass is 295 g/mol. The third-order valence-corrected chi connectivity index (χ3v) is 7.22. The predicted molar refractivity (Wildman–Crippen MR) is 87.7 cm³/mol. The number of aryl methyl sites for hydroxylation is 1. The number of hydrogen-bond donors (Lipinski definition) is 0. The second-order valence-corrected chi connectivity index (χ2v) is 12.1. The van der Waals surface area contributed by atoms with E-state index in [9.17, 15) is 0 Å². The number of benzene rings is 1. The van der Waals surface area contributed by atoms with Crippen molar-refractivity contribution in [2.75, 3.05) is 19.3 Å². The number of rotatable bonds is 4. The van der Waals surface area contributed by atoms with Crippen LogP contribution in [0.15, 0.2) is 18.2 Å². The van der Waals surface area contributed by atoms with E-state index < -0.39 is 8.07 Å². The highest BCUT2D eigenvalue weighted by atomic mass is 35.5. The topological polar surface area (TPSA) is 3.24 Å².